The van der Waals surface area contributed by atoms with Crippen molar-refractivity contribution in [3.05, 3.63) is 200 Å². The second-order valence-corrected chi connectivity index (χ2v) is 15.9. The van der Waals surface area contributed by atoms with Crippen molar-refractivity contribution >= 4 is 92.4 Å². The summed E-state index contributed by atoms with van der Waals surface area (Å²) in [6.45, 7) is 0. The van der Waals surface area contributed by atoms with E-state index in [1.54, 1.807) is 0 Å². The Morgan fingerprint density at radius 2 is 0.966 bits per heavy atom. The molecule has 0 saturated carbocycles. The SMILES string of the molecule is c1ccc(-c2ccc3c(c2)sc2cc(-c4ccccc4)cc(N(c4ccc5oc6ccccc6c5c4)c4ccc(-c5ccccc5)c5oc6ccccc6c45)c23)cc1. The van der Waals surface area contributed by atoms with Crippen molar-refractivity contribution in [3.63, 3.8) is 0 Å². The van der Waals surface area contributed by atoms with Crippen LogP contribution in [0.15, 0.2) is 209 Å². The zero-order valence-electron chi connectivity index (χ0n) is 31.2. The molecule has 12 aromatic rings. The van der Waals surface area contributed by atoms with Crippen LogP contribution in [0.1, 0.15) is 0 Å². The molecule has 58 heavy (non-hydrogen) atoms. The first kappa shape index (κ1) is 32.8. The fourth-order valence-corrected chi connectivity index (χ4v) is 9.98. The normalized spacial score (nSPS) is 11.8. The molecule has 0 aliphatic carbocycles. The van der Waals surface area contributed by atoms with Crippen LogP contribution in [0, 0.1) is 0 Å². The topological polar surface area (TPSA) is 29.5 Å². The Morgan fingerprint density at radius 3 is 1.72 bits per heavy atom. The lowest BCUT2D eigenvalue weighted by Gasteiger charge is -2.28. The Balaban J connectivity index is 1.21. The van der Waals surface area contributed by atoms with Gasteiger partial charge in [0.05, 0.1) is 16.8 Å². The number of hydrogen-bond donors (Lipinski definition) is 0. The molecular weight excluding hydrogens is 727 g/mol. The van der Waals surface area contributed by atoms with Gasteiger partial charge in [-0.05, 0) is 88.5 Å². The van der Waals surface area contributed by atoms with Crippen LogP contribution in [-0.4, -0.2) is 0 Å². The van der Waals surface area contributed by atoms with E-state index in [-0.39, 0.29) is 0 Å². The molecule has 0 unspecified atom stereocenters. The van der Waals surface area contributed by atoms with Gasteiger partial charge in [-0.2, -0.15) is 0 Å². The Kier molecular flexibility index (Phi) is 7.40. The first-order valence-electron chi connectivity index (χ1n) is 19.6. The summed E-state index contributed by atoms with van der Waals surface area (Å²) < 4.78 is 15.7. The summed E-state index contributed by atoms with van der Waals surface area (Å²) in [5.41, 5.74) is 13.6. The zero-order valence-corrected chi connectivity index (χ0v) is 32.0. The first-order chi connectivity index (χ1) is 28.7. The van der Waals surface area contributed by atoms with Gasteiger partial charge in [0.1, 0.15) is 22.3 Å². The molecule has 0 saturated heterocycles. The maximum Gasteiger partial charge on any atom is 0.145 e. The van der Waals surface area contributed by atoms with Crippen molar-refractivity contribution in [3.8, 4) is 33.4 Å². The van der Waals surface area contributed by atoms with E-state index in [1.807, 2.05) is 23.5 Å². The number of benzene rings is 9. The van der Waals surface area contributed by atoms with Gasteiger partial charge < -0.3 is 13.7 Å². The fourth-order valence-electron chi connectivity index (χ4n) is 8.77. The van der Waals surface area contributed by atoms with Gasteiger partial charge in [0, 0.05) is 47.6 Å². The molecule has 0 bridgehead atoms. The van der Waals surface area contributed by atoms with Gasteiger partial charge in [0.15, 0.2) is 0 Å². The number of fused-ring (bicyclic) bond motifs is 9. The Hall–Kier alpha value is -7.40. The Bertz CT molecular complexity index is 3510. The molecule has 3 aromatic heterocycles. The smallest absolute Gasteiger partial charge is 0.145 e. The molecule has 0 radical (unpaired) electrons. The highest BCUT2D eigenvalue weighted by molar-refractivity contribution is 7.26. The molecule has 272 valence electrons. The summed E-state index contributed by atoms with van der Waals surface area (Å²) in [6.07, 6.45) is 0. The zero-order chi connectivity index (χ0) is 38.2. The monoisotopic (exact) mass is 759 g/mol. The van der Waals surface area contributed by atoms with E-state index in [0.29, 0.717) is 0 Å². The van der Waals surface area contributed by atoms with Crippen molar-refractivity contribution in [1.82, 2.24) is 0 Å². The maximum atomic E-state index is 6.87. The maximum absolute atomic E-state index is 6.87. The van der Waals surface area contributed by atoms with E-state index in [0.717, 1.165) is 77.6 Å². The second kappa shape index (κ2) is 13.1. The summed E-state index contributed by atoms with van der Waals surface area (Å²) >= 11 is 1.85. The third-order valence-electron chi connectivity index (χ3n) is 11.5. The average Bonchev–Trinajstić information content (AvgIpc) is 3.99. The van der Waals surface area contributed by atoms with Crippen LogP contribution in [0.5, 0.6) is 0 Å². The van der Waals surface area contributed by atoms with Gasteiger partial charge in [-0.15, -0.1) is 11.3 Å². The van der Waals surface area contributed by atoms with E-state index in [4.69, 9.17) is 8.83 Å². The van der Waals surface area contributed by atoms with Gasteiger partial charge in [-0.1, -0.05) is 140 Å². The number of para-hydroxylation sites is 2. The average molecular weight is 760 g/mol. The third kappa shape index (κ3) is 5.19. The number of rotatable bonds is 6. The minimum Gasteiger partial charge on any atom is -0.456 e. The Morgan fingerprint density at radius 1 is 0.345 bits per heavy atom. The first-order valence-corrected chi connectivity index (χ1v) is 20.4. The molecule has 0 aliphatic rings. The number of furan rings is 2. The van der Waals surface area contributed by atoms with Crippen LogP contribution in [0.4, 0.5) is 17.1 Å². The number of nitrogens with zero attached hydrogens (tertiary/aromatic N) is 1. The highest BCUT2D eigenvalue weighted by Gasteiger charge is 2.26. The molecule has 0 aliphatic heterocycles. The molecule has 3 nitrogen and oxygen atoms in total. The van der Waals surface area contributed by atoms with Crippen LogP contribution in [0.2, 0.25) is 0 Å². The van der Waals surface area contributed by atoms with Crippen molar-refractivity contribution < 1.29 is 8.83 Å². The Labute approximate surface area is 338 Å². The van der Waals surface area contributed by atoms with E-state index in [2.05, 4.69) is 193 Å². The summed E-state index contributed by atoms with van der Waals surface area (Å²) in [6, 6.07) is 71.5. The highest BCUT2D eigenvalue weighted by Crippen LogP contribution is 2.51. The van der Waals surface area contributed by atoms with Crippen LogP contribution in [-0.2, 0) is 0 Å². The van der Waals surface area contributed by atoms with Crippen molar-refractivity contribution in [2.24, 2.45) is 0 Å². The molecule has 0 amide bonds. The molecule has 12 rings (SSSR count). The minimum absolute atomic E-state index is 0.857. The molecule has 0 N–H and O–H groups in total. The van der Waals surface area contributed by atoms with Crippen LogP contribution >= 0.6 is 11.3 Å². The van der Waals surface area contributed by atoms with Crippen LogP contribution in [0.25, 0.3) is 97.4 Å². The fraction of sp³-hybridized carbons (Fsp3) is 0. The molecule has 0 spiro atoms. The van der Waals surface area contributed by atoms with Gasteiger partial charge in [0.2, 0.25) is 0 Å². The second-order valence-electron chi connectivity index (χ2n) is 14.8. The standard InChI is InChI=1S/C54H33NO2S/c1-4-14-34(15-5-1)37-24-26-43-50(31-37)58-51-32-38(35-16-6-2-7-17-35)30-46(52(43)51)55(39-25-29-49-44(33-39)41-20-10-12-22-47(41)56-49)45-28-27-40(36-18-8-3-9-19-36)54-53(45)42-21-11-13-23-48(42)57-54/h1-33H. The van der Waals surface area contributed by atoms with E-state index in [9.17, 15) is 0 Å². The van der Waals surface area contributed by atoms with Crippen molar-refractivity contribution in [1.29, 1.82) is 0 Å². The third-order valence-corrected chi connectivity index (χ3v) is 12.6. The van der Waals surface area contributed by atoms with Crippen LogP contribution in [0.3, 0.4) is 0 Å². The number of anilines is 3. The lowest BCUT2D eigenvalue weighted by molar-refractivity contribution is 0.669. The summed E-state index contributed by atoms with van der Waals surface area (Å²) in [5.74, 6) is 0. The van der Waals surface area contributed by atoms with E-state index in [1.165, 1.54) is 36.9 Å². The largest absolute Gasteiger partial charge is 0.456 e. The molecule has 9 aromatic carbocycles. The number of thiophene rings is 1. The lowest BCUT2D eigenvalue weighted by Crippen LogP contribution is -2.11. The molecule has 4 heteroatoms. The predicted molar refractivity (Wildman–Crippen MR) is 245 cm³/mol. The summed E-state index contributed by atoms with van der Waals surface area (Å²) in [5, 5.41) is 6.75. The molecule has 3 heterocycles. The lowest BCUT2D eigenvalue weighted by atomic mass is 9.97. The van der Waals surface area contributed by atoms with Crippen molar-refractivity contribution in [2.45, 2.75) is 0 Å². The van der Waals surface area contributed by atoms with Gasteiger partial charge in [0.25, 0.3) is 0 Å². The van der Waals surface area contributed by atoms with Gasteiger partial charge in [-0.25, -0.2) is 0 Å². The summed E-state index contributed by atoms with van der Waals surface area (Å²) in [7, 11) is 0. The number of hydrogen-bond acceptors (Lipinski definition) is 4. The predicted octanol–water partition coefficient (Wildman–Crippen LogP) is 16.3. The van der Waals surface area contributed by atoms with E-state index < -0.39 is 0 Å². The molecule has 0 atom stereocenters. The van der Waals surface area contributed by atoms with Crippen LogP contribution < -0.4 is 4.90 Å². The van der Waals surface area contributed by atoms with E-state index >= 15 is 0 Å². The minimum atomic E-state index is 0.857. The summed E-state index contributed by atoms with van der Waals surface area (Å²) in [4.78, 5) is 2.46. The molecule has 0 fully saturated rings. The van der Waals surface area contributed by atoms with Gasteiger partial charge in [-0.3, -0.25) is 0 Å². The highest BCUT2D eigenvalue weighted by atomic mass is 32.1. The molecular formula is C54H33NO2S. The quantitative estimate of drug-likeness (QED) is 0.169. The van der Waals surface area contributed by atoms with Gasteiger partial charge >= 0.3 is 0 Å². The van der Waals surface area contributed by atoms with Crippen molar-refractivity contribution in [2.75, 3.05) is 4.90 Å².